The van der Waals surface area contributed by atoms with Gasteiger partial charge in [-0.15, -0.1) is 0 Å². The molecule has 132 valence electrons. The van der Waals surface area contributed by atoms with E-state index in [-0.39, 0.29) is 0 Å². The molecule has 0 amide bonds. The molecule has 4 rings (SSSR count). The van der Waals surface area contributed by atoms with E-state index in [9.17, 15) is 0 Å². The molecular weight excluding hydrogens is 336 g/mol. The van der Waals surface area contributed by atoms with Crippen LogP contribution in [0, 0.1) is 6.92 Å². The second-order valence-corrected chi connectivity index (χ2v) is 7.11. The summed E-state index contributed by atoms with van der Waals surface area (Å²) in [6, 6.07) is 5.97. The molecule has 6 nitrogen and oxygen atoms in total. The fourth-order valence-corrected chi connectivity index (χ4v) is 3.59. The molecule has 2 fully saturated rings. The van der Waals surface area contributed by atoms with Crippen LogP contribution in [0.25, 0.3) is 0 Å². The van der Waals surface area contributed by atoms with Crippen LogP contribution in [0.4, 0.5) is 17.6 Å². The highest BCUT2D eigenvalue weighted by molar-refractivity contribution is 6.30. The summed E-state index contributed by atoms with van der Waals surface area (Å²) in [5, 5.41) is 0.671. The van der Waals surface area contributed by atoms with Gasteiger partial charge in [0, 0.05) is 57.2 Å². The maximum atomic E-state index is 5.93. The molecule has 0 radical (unpaired) electrons. The van der Waals surface area contributed by atoms with Gasteiger partial charge in [0.15, 0.2) is 0 Å². The lowest BCUT2D eigenvalue weighted by Crippen LogP contribution is -2.47. The summed E-state index contributed by atoms with van der Waals surface area (Å²) in [5.41, 5.74) is 1.04. The van der Waals surface area contributed by atoms with Crippen LogP contribution in [-0.2, 0) is 0 Å². The minimum atomic E-state index is 0.671. The summed E-state index contributed by atoms with van der Waals surface area (Å²) in [6.07, 6.45) is 4.21. The highest BCUT2D eigenvalue weighted by atomic mass is 35.5. The second kappa shape index (κ2) is 7.04. The Kier molecular flexibility index (Phi) is 4.61. The molecule has 4 heterocycles. The minimum absolute atomic E-state index is 0.671. The van der Waals surface area contributed by atoms with Gasteiger partial charge in [-0.2, -0.15) is 4.98 Å². The smallest absolute Gasteiger partial charge is 0.227 e. The SMILES string of the molecule is Cc1cc(N2CCCC2)nc(N2CCN(c3ccc(Cl)cn3)CC2)n1. The predicted octanol–water partition coefficient (Wildman–Crippen LogP) is 2.76. The molecule has 2 aliphatic rings. The van der Waals surface area contributed by atoms with Gasteiger partial charge in [0.1, 0.15) is 11.6 Å². The average molecular weight is 359 g/mol. The first-order chi connectivity index (χ1) is 12.2. The average Bonchev–Trinajstić information content (AvgIpc) is 3.17. The van der Waals surface area contributed by atoms with Gasteiger partial charge in [0.2, 0.25) is 5.95 Å². The molecule has 0 aliphatic carbocycles. The first kappa shape index (κ1) is 16.4. The van der Waals surface area contributed by atoms with E-state index in [1.165, 1.54) is 12.8 Å². The Morgan fingerprint density at radius 1 is 0.840 bits per heavy atom. The molecule has 7 heteroatoms. The number of pyridine rings is 1. The van der Waals surface area contributed by atoms with Crippen molar-refractivity contribution in [3.05, 3.63) is 35.1 Å². The maximum Gasteiger partial charge on any atom is 0.227 e. The Labute approximate surface area is 153 Å². The third-order valence-electron chi connectivity index (χ3n) is 4.86. The van der Waals surface area contributed by atoms with Crippen molar-refractivity contribution in [1.29, 1.82) is 0 Å². The van der Waals surface area contributed by atoms with Gasteiger partial charge in [0.25, 0.3) is 0 Å². The molecular formula is C18H23ClN6. The Hall–Kier alpha value is -2.08. The molecule has 0 spiro atoms. The molecule has 0 bridgehead atoms. The predicted molar refractivity (Wildman–Crippen MR) is 102 cm³/mol. The summed E-state index contributed by atoms with van der Waals surface area (Å²) >= 11 is 5.93. The summed E-state index contributed by atoms with van der Waals surface area (Å²) in [4.78, 5) is 20.9. The van der Waals surface area contributed by atoms with Gasteiger partial charge in [-0.05, 0) is 31.9 Å². The Morgan fingerprint density at radius 2 is 1.52 bits per heavy atom. The van der Waals surface area contributed by atoms with Gasteiger partial charge in [-0.1, -0.05) is 11.6 Å². The minimum Gasteiger partial charge on any atom is -0.356 e. The van der Waals surface area contributed by atoms with E-state index >= 15 is 0 Å². The first-order valence-electron chi connectivity index (χ1n) is 8.91. The first-order valence-corrected chi connectivity index (χ1v) is 9.29. The van der Waals surface area contributed by atoms with Gasteiger partial charge in [-0.3, -0.25) is 0 Å². The molecule has 25 heavy (non-hydrogen) atoms. The van der Waals surface area contributed by atoms with Crippen molar-refractivity contribution in [2.75, 3.05) is 54.0 Å². The number of aromatic nitrogens is 3. The van der Waals surface area contributed by atoms with Crippen LogP contribution >= 0.6 is 11.6 Å². The molecule has 2 aromatic heterocycles. The standard InChI is InChI=1S/C18H23ClN6/c1-14-12-17(23-6-2-3-7-23)22-18(21-14)25-10-8-24(9-11-25)16-5-4-15(19)13-20-16/h4-5,12-13H,2-3,6-11H2,1H3. The Balaban J connectivity index is 1.46. The molecule has 0 N–H and O–H groups in total. The van der Waals surface area contributed by atoms with Crippen molar-refractivity contribution < 1.29 is 0 Å². The fourth-order valence-electron chi connectivity index (χ4n) is 3.48. The van der Waals surface area contributed by atoms with Crippen LogP contribution in [0.15, 0.2) is 24.4 Å². The number of anilines is 3. The quantitative estimate of drug-likeness (QED) is 0.840. The van der Waals surface area contributed by atoms with Crippen LogP contribution in [-0.4, -0.2) is 54.2 Å². The highest BCUT2D eigenvalue weighted by Crippen LogP contribution is 2.23. The van der Waals surface area contributed by atoms with Crippen LogP contribution in [0.3, 0.4) is 0 Å². The topological polar surface area (TPSA) is 48.4 Å². The number of nitrogens with zero attached hydrogens (tertiary/aromatic N) is 6. The van der Waals surface area contributed by atoms with Crippen molar-refractivity contribution in [1.82, 2.24) is 15.0 Å². The van der Waals surface area contributed by atoms with Crippen molar-refractivity contribution in [3.63, 3.8) is 0 Å². The second-order valence-electron chi connectivity index (χ2n) is 6.67. The van der Waals surface area contributed by atoms with Gasteiger partial charge in [0.05, 0.1) is 5.02 Å². The van der Waals surface area contributed by atoms with Gasteiger partial charge >= 0.3 is 0 Å². The van der Waals surface area contributed by atoms with Crippen molar-refractivity contribution in [3.8, 4) is 0 Å². The van der Waals surface area contributed by atoms with E-state index in [4.69, 9.17) is 16.6 Å². The van der Waals surface area contributed by atoms with Crippen LogP contribution in [0.2, 0.25) is 5.02 Å². The van der Waals surface area contributed by atoms with Crippen LogP contribution in [0.1, 0.15) is 18.5 Å². The molecule has 2 aromatic rings. The lowest BCUT2D eigenvalue weighted by atomic mass is 10.3. The summed E-state index contributed by atoms with van der Waals surface area (Å²) < 4.78 is 0. The Morgan fingerprint density at radius 3 is 2.20 bits per heavy atom. The lowest BCUT2D eigenvalue weighted by molar-refractivity contribution is 0.633. The summed E-state index contributed by atoms with van der Waals surface area (Å²) in [5.74, 6) is 2.90. The summed E-state index contributed by atoms with van der Waals surface area (Å²) in [7, 11) is 0. The van der Waals surface area contributed by atoms with E-state index in [0.717, 1.165) is 62.5 Å². The van der Waals surface area contributed by atoms with E-state index in [0.29, 0.717) is 5.02 Å². The molecule has 0 aromatic carbocycles. The fraction of sp³-hybridized carbons (Fsp3) is 0.500. The summed E-state index contributed by atoms with van der Waals surface area (Å²) in [6.45, 7) is 7.87. The van der Waals surface area contributed by atoms with E-state index in [2.05, 4.69) is 37.7 Å². The highest BCUT2D eigenvalue weighted by Gasteiger charge is 2.22. The molecule has 2 saturated heterocycles. The molecule has 0 saturated carbocycles. The number of rotatable bonds is 3. The molecule has 2 aliphatic heterocycles. The number of hydrogen-bond acceptors (Lipinski definition) is 6. The van der Waals surface area contributed by atoms with E-state index in [1.54, 1.807) is 6.20 Å². The third kappa shape index (κ3) is 3.63. The van der Waals surface area contributed by atoms with Crippen molar-refractivity contribution in [2.45, 2.75) is 19.8 Å². The number of halogens is 1. The van der Waals surface area contributed by atoms with Crippen molar-refractivity contribution >= 4 is 29.2 Å². The Bertz CT molecular complexity index is 721. The number of piperazine rings is 1. The molecule has 0 atom stereocenters. The van der Waals surface area contributed by atoms with Crippen LogP contribution in [0.5, 0.6) is 0 Å². The maximum absolute atomic E-state index is 5.93. The largest absolute Gasteiger partial charge is 0.356 e. The normalized spacial score (nSPS) is 18.1. The van der Waals surface area contributed by atoms with Crippen LogP contribution < -0.4 is 14.7 Å². The zero-order valence-electron chi connectivity index (χ0n) is 14.5. The van der Waals surface area contributed by atoms with E-state index in [1.807, 2.05) is 12.1 Å². The van der Waals surface area contributed by atoms with Crippen molar-refractivity contribution in [2.24, 2.45) is 0 Å². The van der Waals surface area contributed by atoms with Gasteiger partial charge in [-0.25, -0.2) is 9.97 Å². The zero-order chi connectivity index (χ0) is 17.2. The zero-order valence-corrected chi connectivity index (χ0v) is 15.3. The molecule has 0 unspecified atom stereocenters. The van der Waals surface area contributed by atoms with E-state index < -0.39 is 0 Å². The third-order valence-corrected chi connectivity index (χ3v) is 5.08. The number of hydrogen-bond donors (Lipinski definition) is 0. The number of aryl methyl sites for hydroxylation is 1. The lowest BCUT2D eigenvalue weighted by Gasteiger charge is -2.35. The van der Waals surface area contributed by atoms with Gasteiger partial charge < -0.3 is 14.7 Å². The monoisotopic (exact) mass is 358 g/mol.